The molecule has 0 aliphatic carbocycles. The number of nitrogens with two attached hydrogens (primary N) is 1. The molecule has 2 N–H and O–H groups in total. The van der Waals surface area contributed by atoms with Gasteiger partial charge in [-0.15, -0.1) is 11.8 Å². The zero-order chi connectivity index (χ0) is 9.56. The van der Waals surface area contributed by atoms with Gasteiger partial charge in [0.1, 0.15) is 0 Å². The average molecular weight is 281 g/mol. The predicted molar refractivity (Wildman–Crippen MR) is 55.7 cm³/mol. The average Bonchev–Trinajstić information content (AvgIpc) is 1.84. The highest BCUT2D eigenvalue weighted by molar-refractivity contribution is 14.1. The Morgan fingerprint density at radius 3 is 2.75 bits per heavy atom. The van der Waals surface area contributed by atoms with Crippen molar-refractivity contribution in [2.75, 3.05) is 0 Å². The number of primary amides is 1. The van der Waals surface area contributed by atoms with Gasteiger partial charge < -0.3 is 10.5 Å². The van der Waals surface area contributed by atoms with Crippen LogP contribution in [0.4, 0.5) is 4.79 Å². The molecule has 68 valence electrons. The van der Waals surface area contributed by atoms with E-state index in [1.165, 1.54) is 0 Å². The molecule has 3 nitrogen and oxygen atoms in total. The summed E-state index contributed by atoms with van der Waals surface area (Å²) in [5.74, 6) is 6.00. The first-order chi connectivity index (χ1) is 5.56. The third-order valence-electron chi connectivity index (χ3n) is 1.17. The molecule has 2 atom stereocenters. The molecular formula is C8H12INO2. The van der Waals surface area contributed by atoms with Gasteiger partial charge in [0.15, 0.2) is 4.11 Å². The Morgan fingerprint density at radius 2 is 2.33 bits per heavy atom. The van der Waals surface area contributed by atoms with Crippen LogP contribution in [0.2, 0.25) is 0 Å². The molecule has 0 bridgehead atoms. The monoisotopic (exact) mass is 281 g/mol. The van der Waals surface area contributed by atoms with Crippen LogP contribution in [0.25, 0.3) is 0 Å². The maximum Gasteiger partial charge on any atom is 0.405 e. The van der Waals surface area contributed by atoms with Gasteiger partial charge in [0.05, 0.1) is 0 Å². The van der Waals surface area contributed by atoms with E-state index in [0.717, 1.165) is 0 Å². The molecule has 4 heteroatoms. The SMILES string of the molecule is CC#CC(C)CC(I)OC(N)=O. The lowest BCUT2D eigenvalue weighted by Crippen LogP contribution is -2.19. The number of amides is 1. The summed E-state index contributed by atoms with van der Waals surface area (Å²) in [5.41, 5.74) is 4.84. The van der Waals surface area contributed by atoms with E-state index >= 15 is 0 Å². The van der Waals surface area contributed by atoms with Crippen molar-refractivity contribution in [1.82, 2.24) is 0 Å². The van der Waals surface area contributed by atoms with Crippen molar-refractivity contribution in [3.8, 4) is 11.8 Å². The van der Waals surface area contributed by atoms with Crippen LogP contribution < -0.4 is 5.73 Å². The molecule has 0 saturated carbocycles. The summed E-state index contributed by atoms with van der Waals surface area (Å²) >= 11 is 2.02. The van der Waals surface area contributed by atoms with E-state index in [1.807, 2.05) is 29.5 Å². The van der Waals surface area contributed by atoms with Gasteiger partial charge >= 0.3 is 6.09 Å². The van der Waals surface area contributed by atoms with Crippen LogP contribution in [0.15, 0.2) is 0 Å². The van der Waals surface area contributed by atoms with Crippen LogP contribution in [0.3, 0.4) is 0 Å². The summed E-state index contributed by atoms with van der Waals surface area (Å²) in [7, 11) is 0. The molecular weight excluding hydrogens is 269 g/mol. The van der Waals surface area contributed by atoms with Crippen molar-refractivity contribution in [2.45, 2.75) is 24.4 Å². The molecule has 0 radical (unpaired) electrons. The standard InChI is InChI=1S/C8H12INO2/c1-3-4-6(2)5-7(9)12-8(10)11/h6-7H,5H2,1-2H3,(H2,10,11). The second-order valence-electron chi connectivity index (χ2n) is 2.38. The Kier molecular flexibility index (Phi) is 5.89. The first-order valence-electron chi connectivity index (χ1n) is 3.58. The van der Waals surface area contributed by atoms with Crippen molar-refractivity contribution in [3.63, 3.8) is 0 Å². The molecule has 0 heterocycles. The molecule has 2 unspecified atom stereocenters. The van der Waals surface area contributed by atoms with E-state index < -0.39 is 6.09 Å². The number of carbonyl (C=O) groups excluding carboxylic acids is 1. The summed E-state index contributed by atoms with van der Waals surface area (Å²) in [6.45, 7) is 3.76. The lowest BCUT2D eigenvalue weighted by molar-refractivity contribution is 0.145. The third-order valence-corrected chi connectivity index (χ3v) is 1.94. The van der Waals surface area contributed by atoms with Crippen molar-refractivity contribution in [1.29, 1.82) is 0 Å². The van der Waals surface area contributed by atoms with Gasteiger partial charge in [0, 0.05) is 12.3 Å². The maximum absolute atomic E-state index is 10.3. The van der Waals surface area contributed by atoms with Crippen LogP contribution >= 0.6 is 22.6 Å². The Balaban J connectivity index is 3.73. The molecule has 0 saturated heterocycles. The topological polar surface area (TPSA) is 52.3 Å². The first kappa shape index (κ1) is 11.6. The van der Waals surface area contributed by atoms with Crippen LogP contribution in [0.1, 0.15) is 20.3 Å². The minimum Gasteiger partial charge on any atom is -0.436 e. The van der Waals surface area contributed by atoms with Gasteiger partial charge in [-0.05, 0) is 29.5 Å². The number of hydrogen-bond donors (Lipinski definition) is 1. The van der Waals surface area contributed by atoms with Crippen molar-refractivity contribution in [2.24, 2.45) is 11.7 Å². The third kappa shape index (κ3) is 6.28. The summed E-state index contributed by atoms with van der Waals surface area (Å²) in [5, 5.41) is 0. The molecule has 0 aliphatic heterocycles. The molecule has 1 amide bonds. The largest absolute Gasteiger partial charge is 0.436 e. The number of ether oxygens (including phenoxy) is 1. The zero-order valence-corrected chi connectivity index (χ0v) is 9.29. The molecule has 0 aromatic heterocycles. The molecule has 0 spiro atoms. The summed E-state index contributed by atoms with van der Waals surface area (Å²) in [4.78, 5) is 10.3. The second-order valence-corrected chi connectivity index (χ2v) is 3.77. The smallest absolute Gasteiger partial charge is 0.405 e. The molecule has 0 aromatic rings. The van der Waals surface area contributed by atoms with E-state index in [-0.39, 0.29) is 10.0 Å². The van der Waals surface area contributed by atoms with E-state index in [1.54, 1.807) is 6.92 Å². The Hall–Kier alpha value is -0.440. The lowest BCUT2D eigenvalue weighted by Gasteiger charge is -2.10. The maximum atomic E-state index is 10.3. The van der Waals surface area contributed by atoms with Gasteiger partial charge in [0.2, 0.25) is 0 Å². The van der Waals surface area contributed by atoms with Crippen LogP contribution in [0.5, 0.6) is 0 Å². The van der Waals surface area contributed by atoms with E-state index in [4.69, 9.17) is 10.5 Å². The normalized spacial score (nSPS) is 13.9. The highest BCUT2D eigenvalue weighted by atomic mass is 127. The molecule has 0 aliphatic rings. The second kappa shape index (κ2) is 6.12. The fraction of sp³-hybridized carbons (Fsp3) is 0.625. The van der Waals surface area contributed by atoms with Gasteiger partial charge in [-0.2, -0.15) is 0 Å². The predicted octanol–water partition coefficient (Wildman–Crippen LogP) is 1.89. The number of carbonyl (C=O) groups is 1. The number of hydrogen-bond acceptors (Lipinski definition) is 2. The minimum atomic E-state index is -0.731. The van der Waals surface area contributed by atoms with Crippen molar-refractivity contribution < 1.29 is 9.53 Å². The Labute approximate surface area is 86.2 Å². The summed E-state index contributed by atoms with van der Waals surface area (Å²) < 4.78 is 4.54. The van der Waals surface area contributed by atoms with Crippen LogP contribution in [-0.2, 0) is 4.74 Å². The van der Waals surface area contributed by atoms with E-state index in [2.05, 4.69) is 11.8 Å². The fourth-order valence-electron chi connectivity index (χ4n) is 0.757. The first-order valence-corrected chi connectivity index (χ1v) is 4.83. The minimum absolute atomic E-state index is 0.184. The molecule has 0 aromatic carbocycles. The van der Waals surface area contributed by atoms with Gasteiger partial charge in [-0.3, -0.25) is 0 Å². The van der Waals surface area contributed by atoms with Gasteiger partial charge in [0.25, 0.3) is 0 Å². The fourth-order valence-corrected chi connectivity index (χ4v) is 1.77. The van der Waals surface area contributed by atoms with Crippen LogP contribution in [-0.4, -0.2) is 10.2 Å². The zero-order valence-electron chi connectivity index (χ0n) is 7.13. The van der Waals surface area contributed by atoms with Crippen molar-refractivity contribution in [3.05, 3.63) is 0 Å². The lowest BCUT2D eigenvalue weighted by atomic mass is 10.1. The molecule has 12 heavy (non-hydrogen) atoms. The molecule has 0 rings (SSSR count). The highest BCUT2D eigenvalue weighted by Crippen LogP contribution is 2.14. The molecule has 0 fully saturated rings. The van der Waals surface area contributed by atoms with Gasteiger partial charge in [-0.1, -0.05) is 6.92 Å². The summed E-state index contributed by atoms with van der Waals surface area (Å²) in [6, 6.07) is 0. The van der Waals surface area contributed by atoms with Crippen molar-refractivity contribution >= 4 is 28.7 Å². The Bertz CT molecular complexity index is 207. The van der Waals surface area contributed by atoms with E-state index in [9.17, 15) is 4.79 Å². The van der Waals surface area contributed by atoms with Gasteiger partial charge in [-0.25, -0.2) is 4.79 Å². The number of alkyl halides is 1. The van der Waals surface area contributed by atoms with Crippen LogP contribution in [0, 0.1) is 17.8 Å². The number of rotatable bonds is 3. The quantitative estimate of drug-likeness (QED) is 0.488. The van der Waals surface area contributed by atoms with E-state index in [0.29, 0.717) is 6.42 Å². The Morgan fingerprint density at radius 1 is 1.75 bits per heavy atom. The summed E-state index contributed by atoms with van der Waals surface area (Å²) in [6.07, 6.45) is -0.0179. The number of halogens is 1. The highest BCUT2D eigenvalue weighted by Gasteiger charge is 2.10.